The van der Waals surface area contributed by atoms with Crippen LogP contribution in [0.15, 0.2) is 42.5 Å². The fourth-order valence-electron chi connectivity index (χ4n) is 3.89. The number of aromatic nitrogens is 1. The second kappa shape index (κ2) is 6.72. The van der Waals surface area contributed by atoms with Crippen molar-refractivity contribution in [3.63, 3.8) is 0 Å². The summed E-state index contributed by atoms with van der Waals surface area (Å²) in [7, 11) is 0. The number of benzene rings is 2. The van der Waals surface area contributed by atoms with E-state index in [1.807, 2.05) is 19.9 Å². The maximum atomic E-state index is 13.9. The van der Waals surface area contributed by atoms with Crippen molar-refractivity contribution in [1.82, 2.24) is 9.88 Å². The molecular formula is C22H23FN2O2. The van der Waals surface area contributed by atoms with Crippen molar-refractivity contribution in [1.29, 1.82) is 0 Å². The number of rotatable bonds is 2. The number of aryl methyl sites for hydroxylation is 1. The Morgan fingerprint density at radius 3 is 2.81 bits per heavy atom. The number of H-pyrrole nitrogens is 1. The predicted octanol–water partition coefficient (Wildman–Crippen LogP) is 5.11. The molecule has 1 amide bonds. The summed E-state index contributed by atoms with van der Waals surface area (Å²) in [4.78, 5) is 17.9. The van der Waals surface area contributed by atoms with Gasteiger partial charge in [0, 0.05) is 23.1 Å². The van der Waals surface area contributed by atoms with Gasteiger partial charge in [0.05, 0.1) is 6.10 Å². The summed E-state index contributed by atoms with van der Waals surface area (Å²) in [6.45, 7) is 6.25. The van der Waals surface area contributed by atoms with Gasteiger partial charge >= 0.3 is 6.09 Å². The number of aromatic amines is 1. The van der Waals surface area contributed by atoms with Crippen LogP contribution in [0.1, 0.15) is 42.3 Å². The molecule has 1 N–H and O–H groups in total. The van der Waals surface area contributed by atoms with Gasteiger partial charge in [0.15, 0.2) is 0 Å². The number of hydrogen-bond acceptors (Lipinski definition) is 2. The van der Waals surface area contributed by atoms with Crippen molar-refractivity contribution < 1.29 is 13.9 Å². The molecule has 1 aliphatic heterocycles. The van der Waals surface area contributed by atoms with Gasteiger partial charge < -0.3 is 9.72 Å². The lowest BCUT2D eigenvalue weighted by atomic mass is 9.92. The Labute approximate surface area is 157 Å². The fourth-order valence-corrected chi connectivity index (χ4v) is 3.89. The zero-order valence-corrected chi connectivity index (χ0v) is 15.8. The molecule has 140 valence electrons. The van der Waals surface area contributed by atoms with Crippen molar-refractivity contribution in [3.05, 3.63) is 70.7 Å². The molecule has 0 spiro atoms. The summed E-state index contributed by atoms with van der Waals surface area (Å²) in [6, 6.07) is 12.3. The highest BCUT2D eigenvalue weighted by Gasteiger charge is 2.35. The van der Waals surface area contributed by atoms with E-state index in [9.17, 15) is 9.18 Å². The van der Waals surface area contributed by atoms with E-state index in [1.165, 1.54) is 28.6 Å². The van der Waals surface area contributed by atoms with Crippen molar-refractivity contribution in [3.8, 4) is 0 Å². The molecule has 1 aromatic heterocycles. The minimum Gasteiger partial charge on any atom is -0.447 e. The normalized spacial score (nSPS) is 16.6. The standard InChI is InChI=1S/C22H23FN2O2/c1-13(2)27-22(26)25-10-9-17-18-11-14(3)7-8-19(18)24-20(17)21(25)15-5-4-6-16(23)12-15/h4-8,11-13,21,24H,9-10H2,1-3H3. The van der Waals surface area contributed by atoms with E-state index in [2.05, 4.69) is 30.1 Å². The molecule has 0 fully saturated rings. The first-order chi connectivity index (χ1) is 12.9. The molecule has 0 bridgehead atoms. The molecule has 2 heterocycles. The van der Waals surface area contributed by atoms with Crippen molar-refractivity contribution in [2.75, 3.05) is 6.54 Å². The number of ether oxygens (including phenoxy) is 1. The molecule has 1 aliphatic rings. The first-order valence-corrected chi connectivity index (χ1v) is 9.28. The molecule has 0 saturated carbocycles. The van der Waals surface area contributed by atoms with Gasteiger partial charge in [-0.2, -0.15) is 0 Å². The summed E-state index contributed by atoms with van der Waals surface area (Å²) in [5.74, 6) is -0.316. The van der Waals surface area contributed by atoms with Gasteiger partial charge in [-0.15, -0.1) is 0 Å². The first-order valence-electron chi connectivity index (χ1n) is 9.28. The lowest BCUT2D eigenvalue weighted by Gasteiger charge is -2.35. The third kappa shape index (κ3) is 3.18. The quantitative estimate of drug-likeness (QED) is 0.685. The summed E-state index contributed by atoms with van der Waals surface area (Å²) >= 11 is 0. The van der Waals surface area contributed by atoms with E-state index in [0.717, 1.165) is 23.2 Å². The number of hydrogen-bond donors (Lipinski definition) is 1. The van der Waals surface area contributed by atoms with Crippen LogP contribution in [0.5, 0.6) is 0 Å². The Morgan fingerprint density at radius 2 is 2.07 bits per heavy atom. The Morgan fingerprint density at radius 1 is 1.26 bits per heavy atom. The van der Waals surface area contributed by atoms with Gasteiger partial charge in [0.2, 0.25) is 0 Å². The molecule has 3 aromatic rings. The van der Waals surface area contributed by atoms with E-state index in [0.29, 0.717) is 6.54 Å². The SMILES string of the molecule is Cc1ccc2[nH]c3c(c2c1)CCN(C(=O)OC(C)C)C3c1cccc(F)c1. The maximum Gasteiger partial charge on any atom is 0.410 e. The Bertz CT molecular complexity index is 1010. The van der Waals surface area contributed by atoms with Crippen LogP contribution in [0.3, 0.4) is 0 Å². The number of nitrogens with zero attached hydrogens (tertiary/aromatic N) is 1. The zero-order valence-electron chi connectivity index (χ0n) is 15.8. The maximum absolute atomic E-state index is 13.9. The highest BCUT2D eigenvalue weighted by atomic mass is 19.1. The summed E-state index contributed by atoms with van der Waals surface area (Å²) < 4.78 is 19.4. The molecule has 4 nitrogen and oxygen atoms in total. The van der Waals surface area contributed by atoms with E-state index < -0.39 is 6.04 Å². The molecule has 1 unspecified atom stereocenters. The summed E-state index contributed by atoms with van der Waals surface area (Å²) in [6.07, 6.45) is 0.148. The van der Waals surface area contributed by atoms with Gasteiger partial charge in [-0.1, -0.05) is 23.8 Å². The lowest BCUT2D eigenvalue weighted by Crippen LogP contribution is -2.41. The second-order valence-electron chi connectivity index (χ2n) is 7.40. The van der Waals surface area contributed by atoms with Crippen molar-refractivity contribution >= 4 is 17.0 Å². The number of halogens is 1. The average Bonchev–Trinajstić information content (AvgIpc) is 2.98. The molecule has 1 atom stereocenters. The van der Waals surface area contributed by atoms with E-state index in [4.69, 9.17) is 4.74 Å². The molecule has 4 rings (SSSR count). The van der Waals surface area contributed by atoms with Crippen LogP contribution in [-0.2, 0) is 11.2 Å². The number of carbonyl (C=O) groups excluding carboxylic acids is 1. The number of fused-ring (bicyclic) bond motifs is 3. The van der Waals surface area contributed by atoms with Crippen LogP contribution in [-0.4, -0.2) is 28.6 Å². The first kappa shape index (κ1) is 17.6. The van der Waals surface area contributed by atoms with E-state index >= 15 is 0 Å². The Balaban J connectivity index is 1.87. The summed E-state index contributed by atoms with van der Waals surface area (Å²) in [5, 5.41) is 1.17. The van der Waals surface area contributed by atoms with Gasteiger partial charge in [-0.3, -0.25) is 4.90 Å². The average molecular weight is 366 g/mol. The number of carbonyl (C=O) groups is 1. The molecular weight excluding hydrogens is 343 g/mol. The topological polar surface area (TPSA) is 45.3 Å². The smallest absolute Gasteiger partial charge is 0.410 e. The highest BCUT2D eigenvalue weighted by Crippen LogP contribution is 2.39. The zero-order chi connectivity index (χ0) is 19.1. The van der Waals surface area contributed by atoms with E-state index in [1.54, 1.807) is 11.0 Å². The molecule has 0 saturated heterocycles. The number of amides is 1. The fraction of sp³-hybridized carbons (Fsp3) is 0.318. The molecule has 0 aliphatic carbocycles. The van der Waals surface area contributed by atoms with Crippen LogP contribution in [0, 0.1) is 12.7 Å². The van der Waals surface area contributed by atoms with Crippen LogP contribution in [0.25, 0.3) is 10.9 Å². The predicted molar refractivity (Wildman–Crippen MR) is 103 cm³/mol. The minimum atomic E-state index is -0.400. The van der Waals surface area contributed by atoms with Crippen LogP contribution in [0.4, 0.5) is 9.18 Å². The largest absolute Gasteiger partial charge is 0.447 e. The summed E-state index contributed by atoms with van der Waals surface area (Å²) in [5.41, 5.74) is 5.09. The lowest BCUT2D eigenvalue weighted by molar-refractivity contribution is 0.0655. The van der Waals surface area contributed by atoms with Crippen molar-refractivity contribution in [2.24, 2.45) is 0 Å². The Hall–Kier alpha value is -2.82. The minimum absolute atomic E-state index is 0.211. The van der Waals surface area contributed by atoms with Gasteiger partial charge in [0.1, 0.15) is 11.9 Å². The Kier molecular flexibility index (Phi) is 4.38. The van der Waals surface area contributed by atoms with Gasteiger partial charge in [-0.05, 0) is 62.6 Å². The molecule has 5 heteroatoms. The van der Waals surface area contributed by atoms with Gasteiger partial charge in [-0.25, -0.2) is 9.18 Å². The monoisotopic (exact) mass is 366 g/mol. The molecule has 27 heavy (non-hydrogen) atoms. The number of nitrogens with one attached hydrogen (secondary N) is 1. The van der Waals surface area contributed by atoms with Crippen LogP contribution < -0.4 is 0 Å². The third-order valence-corrected chi connectivity index (χ3v) is 5.02. The van der Waals surface area contributed by atoms with Crippen LogP contribution in [0.2, 0.25) is 0 Å². The highest BCUT2D eigenvalue weighted by molar-refractivity contribution is 5.86. The van der Waals surface area contributed by atoms with Crippen molar-refractivity contribution in [2.45, 2.75) is 39.3 Å². The second-order valence-corrected chi connectivity index (χ2v) is 7.40. The molecule has 0 radical (unpaired) electrons. The van der Waals surface area contributed by atoms with Crippen LogP contribution >= 0.6 is 0 Å². The third-order valence-electron chi connectivity index (χ3n) is 5.02. The van der Waals surface area contributed by atoms with E-state index in [-0.39, 0.29) is 18.0 Å². The van der Waals surface area contributed by atoms with Gasteiger partial charge in [0.25, 0.3) is 0 Å². The molecule has 2 aromatic carbocycles.